The summed E-state index contributed by atoms with van der Waals surface area (Å²) in [6, 6.07) is 0. The summed E-state index contributed by atoms with van der Waals surface area (Å²) in [5.74, 6) is -0.558. The number of hydrogen-bond donors (Lipinski definition) is 3. The highest BCUT2D eigenvalue weighted by molar-refractivity contribution is 5.92. The highest BCUT2D eigenvalue weighted by Gasteiger charge is 2.41. The molecule has 6 heteroatoms. The van der Waals surface area contributed by atoms with Gasteiger partial charge in [-0.2, -0.15) is 0 Å². The first-order valence-electron chi connectivity index (χ1n) is 6.53. The van der Waals surface area contributed by atoms with Crippen LogP contribution in [0, 0.1) is 11.3 Å². The second-order valence-corrected chi connectivity index (χ2v) is 5.42. The van der Waals surface area contributed by atoms with E-state index in [0.29, 0.717) is 24.5 Å². The third-order valence-electron chi connectivity index (χ3n) is 4.02. The van der Waals surface area contributed by atoms with Crippen LogP contribution in [0.1, 0.15) is 43.1 Å². The fourth-order valence-corrected chi connectivity index (χ4v) is 2.51. The molecule has 1 saturated carbocycles. The maximum atomic E-state index is 11.8. The quantitative estimate of drug-likeness (QED) is 0.767. The largest absolute Gasteiger partial charge is 0.481 e. The monoisotopic (exact) mass is 265 g/mol. The van der Waals surface area contributed by atoms with Crippen molar-refractivity contribution in [3.63, 3.8) is 0 Å². The van der Waals surface area contributed by atoms with Gasteiger partial charge >= 0.3 is 5.97 Å². The molecule has 0 unspecified atom stereocenters. The number of carboxylic acids is 1. The van der Waals surface area contributed by atoms with E-state index >= 15 is 0 Å². The first-order chi connectivity index (χ1) is 9.03. The Morgan fingerprint density at radius 3 is 2.74 bits per heavy atom. The number of H-pyrrole nitrogens is 1. The first-order valence-corrected chi connectivity index (χ1v) is 6.53. The van der Waals surface area contributed by atoms with E-state index in [9.17, 15) is 14.7 Å². The summed E-state index contributed by atoms with van der Waals surface area (Å²) in [5.41, 5.74) is -0.466. The maximum absolute atomic E-state index is 11.8. The van der Waals surface area contributed by atoms with Gasteiger partial charge in [0, 0.05) is 6.54 Å². The molecule has 0 saturated heterocycles. The summed E-state index contributed by atoms with van der Waals surface area (Å²) < 4.78 is 0. The number of nitrogens with one attached hydrogen (secondary N) is 2. The second-order valence-electron chi connectivity index (χ2n) is 5.42. The molecule has 1 fully saturated rings. The Morgan fingerprint density at radius 2 is 2.21 bits per heavy atom. The molecule has 104 valence electrons. The highest BCUT2D eigenvalue weighted by atomic mass is 16.4. The molecule has 2 rings (SSSR count). The minimum absolute atomic E-state index is 0.174. The van der Waals surface area contributed by atoms with Gasteiger partial charge in [-0.05, 0) is 31.6 Å². The summed E-state index contributed by atoms with van der Waals surface area (Å²) in [5, 5.41) is 12.1. The number of imidazole rings is 1. The molecule has 0 bridgehead atoms. The predicted octanol–water partition coefficient (Wildman–Crippen LogP) is 1.42. The van der Waals surface area contributed by atoms with Gasteiger partial charge in [0.25, 0.3) is 5.91 Å². The predicted molar refractivity (Wildman–Crippen MR) is 68.6 cm³/mol. The number of aliphatic carboxylic acids is 1. The number of nitrogens with zero attached hydrogens (tertiary/aromatic N) is 1. The Morgan fingerprint density at radius 1 is 1.53 bits per heavy atom. The van der Waals surface area contributed by atoms with Gasteiger partial charge in [0.15, 0.2) is 0 Å². The first kappa shape index (κ1) is 13.6. The molecule has 0 radical (unpaired) electrons. The molecular weight excluding hydrogens is 246 g/mol. The minimum Gasteiger partial charge on any atom is -0.481 e. The van der Waals surface area contributed by atoms with Crippen LogP contribution in [-0.2, 0) is 4.79 Å². The number of aromatic nitrogens is 2. The lowest BCUT2D eigenvalue weighted by molar-refractivity contribution is -0.151. The average molecular weight is 265 g/mol. The fourth-order valence-electron chi connectivity index (χ4n) is 2.51. The van der Waals surface area contributed by atoms with Gasteiger partial charge in [-0.1, -0.05) is 6.92 Å². The van der Waals surface area contributed by atoms with E-state index in [2.05, 4.69) is 22.2 Å². The summed E-state index contributed by atoms with van der Waals surface area (Å²) in [6.45, 7) is 2.31. The summed E-state index contributed by atoms with van der Waals surface area (Å²) in [6.07, 6.45) is 5.87. The van der Waals surface area contributed by atoms with E-state index in [1.807, 2.05) is 0 Å². The maximum Gasteiger partial charge on any atom is 0.311 e. The molecule has 6 nitrogen and oxygen atoms in total. The molecule has 1 aromatic rings. The van der Waals surface area contributed by atoms with Crippen LogP contribution in [0.15, 0.2) is 12.5 Å². The van der Waals surface area contributed by atoms with E-state index in [1.54, 1.807) is 0 Å². The summed E-state index contributed by atoms with van der Waals surface area (Å²) in [7, 11) is 0. The van der Waals surface area contributed by atoms with E-state index < -0.39 is 11.4 Å². The Labute approximate surface area is 111 Å². The molecule has 1 aromatic heterocycles. The Kier molecular flexibility index (Phi) is 3.87. The molecular formula is C13H19N3O3. The van der Waals surface area contributed by atoms with Crippen LogP contribution in [0.25, 0.3) is 0 Å². The zero-order valence-electron chi connectivity index (χ0n) is 11.0. The molecule has 19 heavy (non-hydrogen) atoms. The van der Waals surface area contributed by atoms with Crippen molar-refractivity contribution in [1.82, 2.24) is 15.3 Å². The lowest BCUT2D eigenvalue weighted by Gasteiger charge is -2.35. The van der Waals surface area contributed by atoms with Crippen molar-refractivity contribution in [2.45, 2.75) is 32.6 Å². The number of aromatic amines is 1. The molecule has 1 aliphatic carbocycles. The van der Waals surface area contributed by atoms with Crippen LogP contribution in [0.4, 0.5) is 0 Å². The van der Waals surface area contributed by atoms with Crippen LogP contribution >= 0.6 is 0 Å². The SMILES string of the molecule is CC1CCC(CNC(=O)c2cnc[nH]2)(C(=O)O)CC1. The Balaban J connectivity index is 1.98. The second kappa shape index (κ2) is 5.42. The molecule has 1 amide bonds. The normalized spacial score (nSPS) is 26.9. The molecule has 3 N–H and O–H groups in total. The number of carbonyl (C=O) groups is 2. The van der Waals surface area contributed by atoms with Gasteiger partial charge in [0.2, 0.25) is 0 Å². The molecule has 0 aliphatic heterocycles. The van der Waals surface area contributed by atoms with E-state index in [1.165, 1.54) is 12.5 Å². The van der Waals surface area contributed by atoms with Crippen molar-refractivity contribution in [1.29, 1.82) is 0 Å². The van der Waals surface area contributed by atoms with Crippen molar-refractivity contribution in [3.05, 3.63) is 18.2 Å². The number of hydrogen-bond acceptors (Lipinski definition) is 3. The zero-order valence-corrected chi connectivity index (χ0v) is 11.0. The van der Waals surface area contributed by atoms with Gasteiger partial charge in [-0.25, -0.2) is 4.98 Å². The smallest absolute Gasteiger partial charge is 0.311 e. The van der Waals surface area contributed by atoms with Crippen molar-refractivity contribution >= 4 is 11.9 Å². The van der Waals surface area contributed by atoms with Crippen molar-refractivity contribution in [2.24, 2.45) is 11.3 Å². The standard InChI is InChI=1S/C13H19N3O3/c1-9-2-4-13(5-3-9,12(18)19)7-15-11(17)10-6-14-8-16-10/h6,8-9H,2-5,7H2,1H3,(H,14,16)(H,15,17)(H,18,19). The van der Waals surface area contributed by atoms with Gasteiger partial charge in [-0.15, -0.1) is 0 Å². The third-order valence-corrected chi connectivity index (χ3v) is 4.02. The Hall–Kier alpha value is -1.85. The Bertz CT molecular complexity index is 448. The summed E-state index contributed by atoms with van der Waals surface area (Å²) in [4.78, 5) is 29.8. The number of amides is 1. The number of carbonyl (C=O) groups excluding carboxylic acids is 1. The molecule has 0 atom stereocenters. The summed E-state index contributed by atoms with van der Waals surface area (Å²) >= 11 is 0. The van der Waals surface area contributed by atoms with E-state index in [0.717, 1.165) is 12.8 Å². The van der Waals surface area contributed by atoms with E-state index in [4.69, 9.17) is 0 Å². The van der Waals surface area contributed by atoms with E-state index in [-0.39, 0.29) is 12.5 Å². The van der Waals surface area contributed by atoms with Crippen molar-refractivity contribution < 1.29 is 14.7 Å². The van der Waals surface area contributed by atoms with Crippen LogP contribution in [0.5, 0.6) is 0 Å². The zero-order chi connectivity index (χ0) is 13.9. The molecule has 1 aliphatic rings. The van der Waals surface area contributed by atoms with Gasteiger partial charge in [-0.3, -0.25) is 9.59 Å². The highest BCUT2D eigenvalue weighted by Crippen LogP contribution is 2.38. The van der Waals surface area contributed by atoms with Gasteiger partial charge in [0.1, 0.15) is 5.69 Å². The lowest BCUT2D eigenvalue weighted by Crippen LogP contribution is -2.45. The van der Waals surface area contributed by atoms with Crippen LogP contribution < -0.4 is 5.32 Å². The van der Waals surface area contributed by atoms with Gasteiger partial charge in [0.05, 0.1) is 17.9 Å². The molecule has 0 aromatic carbocycles. The number of rotatable bonds is 4. The lowest BCUT2D eigenvalue weighted by atomic mass is 9.71. The van der Waals surface area contributed by atoms with Crippen molar-refractivity contribution in [2.75, 3.05) is 6.54 Å². The van der Waals surface area contributed by atoms with Crippen LogP contribution in [0.2, 0.25) is 0 Å². The number of carboxylic acid groups (broad SMARTS) is 1. The third kappa shape index (κ3) is 2.94. The fraction of sp³-hybridized carbons (Fsp3) is 0.615. The van der Waals surface area contributed by atoms with Crippen molar-refractivity contribution in [3.8, 4) is 0 Å². The van der Waals surface area contributed by atoms with Crippen LogP contribution in [-0.4, -0.2) is 33.5 Å². The van der Waals surface area contributed by atoms with Gasteiger partial charge < -0.3 is 15.4 Å². The minimum atomic E-state index is -0.817. The van der Waals surface area contributed by atoms with Crippen LogP contribution in [0.3, 0.4) is 0 Å². The molecule has 1 heterocycles. The molecule has 0 spiro atoms. The topological polar surface area (TPSA) is 95.1 Å². The average Bonchev–Trinajstić information content (AvgIpc) is 2.92.